The van der Waals surface area contributed by atoms with Crippen LogP contribution in [0.5, 0.6) is 0 Å². The van der Waals surface area contributed by atoms with Gasteiger partial charge in [-0.15, -0.1) is 0 Å². The van der Waals surface area contributed by atoms with Crippen molar-refractivity contribution < 1.29 is 29.3 Å². The molecule has 1 fully saturated rings. The SMILES string of the molecule is C/C(=C(/C#N)C(=O)NC[C@H]1OC(O)[C@H](C)[C@@H](O)[C@@H]1O)c1ccc(-c2ccc3cc(N(C)C)ccc3c2)o1. The van der Waals surface area contributed by atoms with Gasteiger partial charge >= 0.3 is 0 Å². The van der Waals surface area contributed by atoms with Crippen LogP contribution in [0.1, 0.15) is 19.6 Å². The molecule has 1 saturated heterocycles. The van der Waals surface area contributed by atoms with Gasteiger partial charge in [-0.1, -0.05) is 25.1 Å². The highest BCUT2D eigenvalue weighted by Gasteiger charge is 2.41. The molecule has 2 aromatic carbocycles. The van der Waals surface area contributed by atoms with Crippen LogP contribution in [0.2, 0.25) is 0 Å². The Morgan fingerprint density at radius 1 is 1.05 bits per heavy atom. The summed E-state index contributed by atoms with van der Waals surface area (Å²) in [5, 5.41) is 44.5. The fraction of sp³-hybridized carbons (Fsp3) is 0.357. The van der Waals surface area contributed by atoms with E-state index in [1.165, 1.54) is 0 Å². The number of carbonyl (C=O) groups excluding carboxylic acids is 1. The van der Waals surface area contributed by atoms with Gasteiger partial charge in [-0.3, -0.25) is 4.79 Å². The lowest BCUT2D eigenvalue weighted by Gasteiger charge is -2.39. The number of aliphatic hydroxyl groups is 3. The summed E-state index contributed by atoms with van der Waals surface area (Å²) in [5.74, 6) is -0.386. The van der Waals surface area contributed by atoms with Crippen LogP contribution in [0, 0.1) is 17.2 Å². The first-order valence-electron chi connectivity index (χ1n) is 12.0. The average Bonchev–Trinajstić information content (AvgIpc) is 3.39. The molecular formula is C28H31N3O6. The number of hydrogen-bond acceptors (Lipinski definition) is 8. The van der Waals surface area contributed by atoms with Crippen LogP contribution in [0.4, 0.5) is 5.69 Å². The number of furan rings is 1. The number of rotatable bonds is 6. The van der Waals surface area contributed by atoms with Crippen molar-refractivity contribution in [3.63, 3.8) is 0 Å². The fourth-order valence-electron chi connectivity index (χ4n) is 4.32. The Hall–Kier alpha value is -3.68. The third kappa shape index (κ3) is 5.38. The van der Waals surface area contributed by atoms with Crippen molar-refractivity contribution in [2.75, 3.05) is 25.5 Å². The average molecular weight is 506 g/mol. The smallest absolute Gasteiger partial charge is 0.262 e. The molecule has 4 rings (SSSR count). The Morgan fingerprint density at radius 2 is 1.76 bits per heavy atom. The maximum Gasteiger partial charge on any atom is 0.262 e. The third-order valence-corrected chi connectivity index (χ3v) is 6.81. The van der Waals surface area contributed by atoms with Gasteiger partial charge in [-0.25, -0.2) is 0 Å². The Labute approximate surface area is 215 Å². The molecule has 1 amide bonds. The van der Waals surface area contributed by atoms with Gasteiger partial charge in [-0.05, 0) is 48.0 Å². The number of allylic oxidation sites excluding steroid dienone is 1. The summed E-state index contributed by atoms with van der Waals surface area (Å²) < 4.78 is 11.3. The first kappa shape index (κ1) is 26.4. The van der Waals surface area contributed by atoms with Gasteiger partial charge in [0.1, 0.15) is 35.4 Å². The zero-order chi connectivity index (χ0) is 26.9. The van der Waals surface area contributed by atoms with E-state index < -0.39 is 36.4 Å². The maximum absolute atomic E-state index is 12.8. The second kappa shape index (κ2) is 10.7. The number of nitrogens with one attached hydrogen (secondary N) is 1. The molecule has 0 bridgehead atoms. The Bertz CT molecular complexity index is 1370. The number of anilines is 1. The largest absolute Gasteiger partial charge is 0.456 e. The van der Waals surface area contributed by atoms with Gasteiger partial charge in [0.05, 0.1) is 6.10 Å². The molecule has 0 spiro atoms. The number of ether oxygens (including phenoxy) is 1. The molecule has 5 atom stereocenters. The molecule has 9 nitrogen and oxygen atoms in total. The van der Waals surface area contributed by atoms with E-state index in [1.807, 2.05) is 55.4 Å². The van der Waals surface area contributed by atoms with Gasteiger partial charge in [0.25, 0.3) is 5.91 Å². The summed E-state index contributed by atoms with van der Waals surface area (Å²) in [7, 11) is 3.99. The molecular weight excluding hydrogens is 474 g/mol. The van der Waals surface area contributed by atoms with Crippen molar-refractivity contribution in [2.24, 2.45) is 5.92 Å². The van der Waals surface area contributed by atoms with Gasteiger partial charge < -0.3 is 34.7 Å². The van der Waals surface area contributed by atoms with E-state index in [0.717, 1.165) is 22.0 Å². The van der Waals surface area contributed by atoms with E-state index in [0.29, 0.717) is 17.1 Å². The van der Waals surface area contributed by atoms with Gasteiger partial charge in [-0.2, -0.15) is 5.26 Å². The third-order valence-electron chi connectivity index (χ3n) is 6.81. The lowest BCUT2D eigenvalue weighted by atomic mass is 9.92. The normalized spacial score (nSPS) is 24.3. The second-order valence-corrected chi connectivity index (χ2v) is 9.53. The lowest BCUT2D eigenvalue weighted by Crippen LogP contribution is -2.56. The van der Waals surface area contributed by atoms with E-state index in [2.05, 4.69) is 11.4 Å². The number of amides is 1. The minimum atomic E-state index is -1.29. The molecule has 4 N–H and O–H groups in total. The molecule has 3 aromatic rings. The predicted octanol–water partition coefficient (Wildman–Crippen LogP) is 2.65. The number of nitrogens with zero attached hydrogens (tertiary/aromatic N) is 2. The van der Waals surface area contributed by atoms with Crippen molar-refractivity contribution in [1.82, 2.24) is 5.32 Å². The van der Waals surface area contributed by atoms with Gasteiger partial charge in [0, 0.05) is 43.4 Å². The van der Waals surface area contributed by atoms with E-state index >= 15 is 0 Å². The number of hydrogen-bond donors (Lipinski definition) is 4. The zero-order valence-corrected chi connectivity index (χ0v) is 21.2. The first-order chi connectivity index (χ1) is 17.6. The van der Waals surface area contributed by atoms with Crippen LogP contribution >= 0.6 is 0 Å². The van der Waals surface area contributed by atoms with Gasteiger partial charge in [0.2, 0.25) is 0 Å². The summed E-state index contributed by atoms with van der Waals surface area (Å²) in [6.45, 7) is 2.96. The summed E-state index contributed by atoms with van der Waals surface area (Å²) in [6, 6.07) is 17.6. The summed E-state index contributed by atoms with van der Waals surface area (Å²) in [4.78, 5) is 14.8. The number of fused-ring (bicyclic) bond motifs is 1. The highest BCUT2D eigenvalue weighted by atomic mass is 16.6. The minimum absolute atomic E-state index is 0.157. The first-order valence-corrected chi connectivity index (χ1v) is 12.0. The standard InChI is InChI=1S/C28H31N3O6/c1-15(21(13-29)27(34)30-14-24-26(33)25(32)16(2)28(35)37-24)22-9-10-23(36-22)19-6-5-18-12-20(31(3)4)8-7-17(18)11-19/h5-12,16,24-26,28,32-33,35H,14H2,1-4H3,(H,30,34)/b21-15+/t16-,24-,25-,26-,28?/m1/s1. The Morgan fingerprint density at radius 3 is 2.46 bits per heavy atom. The van der Waals surface area contributed by atoms with Crippen LogP contribution in [0.15, 0.2) is 58.5 Å². The van der Waals surface area contributed by atoms with Crippen molar-refractivity contribution in [1.29, 1.82) is 5.26 Å². The van der Waals surface area contributed by atoms with E-state index in [4.69, 9.17) is 9.15 Å². The molecule has 0 saturated carbocycles. The quantitative estimate of drug-likeness (QED) is 0.296. The zero-order valence-electron chi connectivity index (χ0n) is 21.2. The maximum atomic E-state index is 12.8. The van der Waals surface area contributed by atoms with E-state index in [-0.39, 0.29) is 12.1 Å². The van der Waals surface area contributed by atoms with Crippen LogP contribution < -0.4 is 10.2 Å². The molecule has 0 aliphatic carbocycles. The topological polar surface area (TPSA) is 139 Å². The van der Waals surface area contributed by atoms with Crippen LogP contribution in [-0.2, 0) is 9.53 Å². The van der Waals surface area contributed by atoms with Crippen molar-refractivity contribution in [2.45, 2.75) is 38.4 Å². The number of nitriles is 1. The number of aliphatic hydroxyl groups excluding tert-OH is 3. The molecule has 1 aliphatic heterocycles. The molecule has 1 unspecified atom stereocenters. The molecule has 194 valence electrons. The van der Waals surface area contributed by atoms with Crippen molar-refractivity contribution >= 4 is 27.9 Å². The van der Waals surface area contributed by atoms with Crippen LogP contribution in [0.25, 0.3) is 27.7 Å². The molecule has 2 heterocycles. The summed E-state index contributed by atoms with van der Waals surface area (Å²) in [5.41, 5.74) is 2.16. The predicted molar refractivity (Wildman–Crippen MR) is 139 cm³/mol. The Balaban J connectivity index is 1.50. The van der Waals surface area contributed by atoms with Crippen molar-refractivity contribution in [3.05, 3.63) is 59.9 Å². The van der Waals surface area contributed by atoms with Crippen LogP contribution in [0.3, 0.4) is 0 Å². The molecule has 1 aromatic heterocycles. The molecule has 37 heavy (non-hydrogen) atoms. The van der Waals surface area contributed by atoms with Crippen molar-refractivity contribution in [3.8, 4) is 17.4 Å². The second-order valence-electron chi connectivity index (χ2n) is 9.53. The number of carbonyl (C=O) groups is 1. The monoisotopic (exact) mass is 505 g/mol. The highest BCUT2D eigenvalue weighted by Crippen LogP contribution is 2.31. The highest BCUT2D eigenvalue weighted by molar-refractivity contribution is 6.04. The van der Waals surface area contributed by atoms with Crippen LogP contribution in [-0.4, -0.2) is 66.5 Å². The molecule has 1 aliphatic rings. The Kier molecular flexibility index (Phi) is 7.66. The van der Waals surface area contributed by atoms with E-state index in [1.54, 1.807) is 26.0 Å². The minimum Gasteiger partial charge on any atom is -0.456 e. The summed E-state index contributed by atoms with van der Waals surface area (Å²) >= 11 is 0. The molecule has 0 radical (unpaired) electrons. The van der Waals surface area contributed by atoms with E-state index in [9.17, 15) is 25.4 Å². The lowest BCUT2D eigenvalue weighted by molar-refractivity contribution is -0.258. The fourth-order valence-corrected chi connectivity index (χ4v) is 4.32. The molecule has 9 heteroatoms. The van der Waals surface area contributed by atoms with Gasteiger partial charge in [0.15, 0.2) is 6.29 Å². The summed E-state index contributed by atoms with van der Waals surface area (Å²) in [6.07, 6.45) is -4.80. The number of benzene rings is 2.